The van der Waals surface area contributed by atoms with Crippen LogP contribution in [0, 0.1) is 6.92 Å². The number of amides is 1. The van der Waals surface area contributed by atoms with Crippen molar-refractivity contribution in [1.82, 2.24) is 5.32 Å². The number of hydrogen-bond donors (Lipinski definition) is 1. The fourth-order valence-electron chi connectivity index (χ4n) is 1.81. The molecule has 0 aliphatic rings. The van der Waals surface area contributed by atoms with E-state index < -0.39 is 0 Å². The van der Waals surface area contributed by atoms with Gasteiger partial charge in [-0.3, -0.25) is 4.79 Å². The van der Waals surface area contributed by atoms with E-state index in [9.17, 15) is 4.79 Å². The molecule has 20 heavy (non-hydrogen) atoms. The first kappa shape index (κ1) is 16.4. The van der Waals surface area contributed by atoms with E-state index >= 15 is 0 Å². The Balaban J connectivity index is 2.48. The molecule has 3 nitrogen and oxygen atoms in total. The fraction of sp³-hybridized carbons (Fsp3) is 0.471. The smallest absolute Gasteiger partial charge is 0.255 e. The predicted octanol–water partition coefficient (Wildman–Crippen LogP) is 3.83. The first-order chi connectivity index (χ1) is 9.67. The summed E-state index contributed by atoms with van der Waals surface area (Å²) < 4.78 is 5.70. The Morgan fingerprint density at radius 1 is 1.25 bits per heavy atom. The molecular formula is C17H25NO2. The third-order valence-electron chi connectivity index (χ3n) is 2.95. The molecule has 110 valence electrons. The van der Waals surface area contributed by atoms with Gasteiger partial charge in [-0.05, 0) is 38.0 Å². The molecule has 1 N–H and O–H groups in total. The van der Waals surface area contributed by atoms with Gasteiger partial charge in [0.1, 0.15) is 0 Å². The van der Waals surface area contributed by atoms with Crippen LogP contribution in [-0.2, 0) is 4.74 Å². The molecule has 0 aliphatic heterocycles. The molecule has 0 aromatic heterocycles. The normalized spacial score (nSPS) is 12.6. The highest BCUT2D eigenvalue weighted by Crippen LogP contribution is 2.05. The maximum Gasteiger partial charge on any atom is 0.255 e. The van der Waals surface area contributed by atoms with Crippen molar-refractivity contribution in [3.05, 3.63) is 47.7 Å². The van der Waals surface area contributed by atoms with E-state index in [-0.39, 0.29) is 12.0 Å². The molecule has 0 heterocycles. The minimum absolute atomic E-state index is 0.0817. The van der Waals surface area contributed by atoms with E-state index in [2.05, 4.69) is 19.2 Å². The maximum atomic E-state index is 11.9. The number of aryl methyl sites for hydroxylation is 1. The summed E-state index contributed by atoms with van der Waals surface area (Å²) in [5.74, 6) is -0.0908. The van der Waals surface area contributed by atoms with Gasteiger partial charge in [0.15, 0.2) is 0 Å². The standard InChI is InChI=1S/C17H25NO2/c1-4-6-16(20-13-5-2)11-12-18-17(19)15-9-7-14(3)8-10-15/h7-12,16H,4-6,13H2,1-3H3,(H,18,19). The summed E-state index contributed by atoms with van der Waals surface area (Å²) in [7, 11) is 0. The van der Waals surface area contributed by atoms with Crippen molar-refractivity contribution in [2.24, 2.45) is 0 Å². The van der Waals surface area contributed by atoms with Crippen molar-refractivity contribution in [2.45, 2.75) is 46.1 Å². The summed E-state index contributed by atoms with van der Waals surface area (Å²) in [4.78, 5) is 11.9. The lowest BCUT2D eigenvalue weighted by molar-refractivity contribution is 0.0790. The van der Waals surface area contributed by atoms with Crippen LogP contribution in [0.5, 0.6) is 0 Å². The number of ether oxygens (including phenoxy) is 1. The van der Waals surface area contributed by atoms with E-state index in [0.717, 1.165) is 31.4 Å². The lowest BCUT2D eigenvalue weighted by Crippen LogP contribution is -2.18. The Morgan fingerprint density at radius 2 is 1.95 bits per heavy atom. The van der Waals surface area contributed by atoms with Crippen LogP contribution in [0.25, 0.3) is 0 Å². The van der Waals surface area contributed by atoms with Crippen molar-refractivity contribution in [3.63, 3.8) is 0 Å². The van der Waals surface area contributed by atoms with Crippen molar-refractivity contribution < 1.29 is 9.53 Å². The number of carbonyl (C=O) groups is 1. The molecule has 0 aliphatic carbocycles. The zero-order valence-corrected chi connectivity index (χ0v) is 12.7. The number of carbonyl (C=O) groups excluding carboxylic acids is 1. The summed E-state index contributed by atoms with van der Waals surface area (Å²) >= 11 is 0. The molecule has 0 fully saturated rings. The van der Waals surface area contributed by atoms with E-state index in [0.29, 0.717) is 5.56 Å². The lowest BCUT2D eigenvalue weighted by atomic mass is 10.1. The van der Waals surface area contributed by atoms with Gasteiger partial charge in [0.25, 0.3) is 5.91 Å². The SMILES string of the molecule is CCCOC(C=CNC(=O)c1ccc(C)cc1)CCC. The number of rotatable bonds is 8. The highest BCUT2D eigenvalue weighted by molar-refractivity contribution is 5.94. The van der Waals surface area contributed by atoms with E-state index in [1.54, 1.807) is 6.20 Å². The van der Waals surface area contributed by atoms with Crippen molar-refractivity contribution in [2.75, 3.05) is 6.61 Å². The quantitative estimate of drug-likeness (QED) is 0.783. The summed E-state index contributed by atoms with van der Waals surface area (Å²) in [6.45, 7) is 6.97. The van der Waals surface area contributed by atoms with Crippen LogP contribution < -0.4 is 5.32 Å². The van der Waals surface area contributed by atoms with Gasteiger partial charge in [0.05, 0.1) is 6.10 Å². The first-order valence-corrected chi connectivity index (χ1v) is 7.33. The molecule has 0 spiro atoms. The van der Waals surface area contributed by atoms with Crippen molar-refractivity contribution in [3.8, 4) is 0 Å². The third kappa shape index (κ3) is 6.02. The van der Waals surface area contributed by atoms with Gasteiger partial charge >= 0.3 is 0 Å². The monoisotopic (exact) mass is 275 g/mol. The second-order valence-corrected chi connectivity index (χ2v) is 4.90. The number of benzene rings is 1. The minimum atomic E-state index is -0.0908. The Hall–Kier alpha value is -1.61. The van der Waals surface area contributed by atoms with Gasteiger partial charge in [-0.25, -0.2) is 0 Å². The van der Waals surface area contributed by atoms with Gasteiger partial charge in [-0.1, -0.05) is 38.0 Å². The van der Waals surface area contributed by atoms with Crippen LogP contribution in [0.4, 0.5) is 0 Å². The van der Waals surface area contributed by atoms with E-state index in [1.165, 1.54) is 0 Å². The summed E-state index contributed by atoms with van der Waals surface area (Å²) in [5, 5.41) is 2.78. The Labute approximate surface area is 122 Å². The van der Waals surface area contributed by atoms with Gasteiger partial charge < -0.3 is 10.1 Å². The fourth-order valence-corrected chi connectivity index (χ4v) is 1.81. The van der Waals surface area contributed by atoms with Crippen LogP contribution in [0.15, 0.2) is 36.5 Å². The van der Waals surface area contributed by atoms with Crippen LogP contribution in [-0.4, -0.2) is 18.6 Å². The second kappa shape index (κ2) is 9.32. The Morgan fingerprint density at radius 3 is 2.55 bits per heavy atom. The molecule has 1 aromatic rings. The molecule has 1 amide bonds. The zero-order chi connectivity index (χ0) is 14.8. The summed E-state index contributed by atoms with van der Waals surface area (Å²) in [6, 6.07) is 7.52. The highest BCUT2D eigenvalue weighted by Gasteiger charge is 2.05. The van der Waals surface area contributed by atoms with Gasteiger partial charge in [0.2, 0.25) is 0 Å². The maximum absolute atomic E-state index is 11.9. The molecule has 3 heteroatoms. The lowest BCUT2D eigenvalue weighted by Gasteiger charge is -2.12. The topological polar surface area (TPSA) is 38.3 Å². The molecular weight excluding hydrogens is 250 g/mol. The van der Waals surface area contributed by atoms with Crippen LogP contribution in [0.1, 0.15) is 49.0 Å². The highest BCUT2D eigenvalue weighted by atomic mass is 16.5. The molecule has 0 radical (unpaired) electrons. The summed E-state index contributed by atoms with van der Waals surface area (Å²) in [6.07, 6.45) is 6.73. The van der Waals surface area contributed by atoms with E-state index in [4.69, 9.17) is 4.74 Å². The van der Waals surface area contributed by atoms with Crippen LogP contribution >= 0.6 is 0 Å². The molecule has 0 saturated carbocycles. The predicted molar refractivity (Wildman–Crippen MR) is 82.7 cm³/mol. The average molecular weight is 275 g/mol. The molecule has 1 unspecified atom stereocenters. The third-order valence-corrected chi connectivity index (χ3v) is 2.95. The molecule has 1 atom stereocenters. The molecule has 1 rings (SSSR count). The zero-order valence-electron chi connectivity index (χ0n) is 12.7. The Kier molecular flexibility index (Phi) is 7.66. The van der Waals surface area contributed by atoms with Crippen molar-refractivity contribution in [1.29, 1.82) is 0 Å². The Bertz CT molecular complexity index is 423. The molecule has 0 bridgehead atoms. The number of hydrogen-bond acceptors (Lipinski definition) is 2. The van der Waals surface area contributed by atoms with Crippen LogP contribution in [0.2, 0.25) is 0 Å². The van der Waals surface area contributed by atoms with Gasteiger partial charge in [0, 0.05) is 18.4 Å². The van der Waals surface area contributed by atoms with Gasteiger partial charge in [-0.15, -0.1) is 0 Å². The largest absolute Gasteiger partial charge is 0.374 e. The summed E-state index contributed by atoms with van der Waals surface area (Å²) in [5.41, 5.74) is 1.81. The van der Waals surface area contributed by atoms with Crippen molar-refractivity contribution >= 4 is 5.91 Å². The average Bonchev–Trinajstić information content (AvgIpc) is 2.45. The first-order valence-electron chi connectivity index (χ1n) is 7.33. The second-order valence-electron chi connectivity index (χ2n) is 4.90. The van der Waals surface area contributed by atoms with Gasteiger partial charge in [-0.2, -0.15) is 0 Å². The number of nitrogens with one attached hydrogen (secondary N) is 1. The molecule has 0 saturated heterocycles. The van der Waals surface area contributed by atoms with E-state index in [1.807, 2.05) is 37.3 Å². The molecule has 1 aromatic carbocycles. The van der Waals surface area contributed by atoms with Crippen LogP contribution in [0.3, 0.4) is 0 Å². The minimum Gasteiger partial charge on any atom is -0.374 e.